The fraction of sp³-hybridized carbons (Fsp3) is 0.733. The number of nitrogens with one attached hydrogen (secondary N) is 1. The van der Waals surface area contributed by atoms with Crippen LogP contribution < -0.4 is 5.32 Å². The van der Waals surface area contributed by atoms with Crippen molar-refractivity contribution in [1.82, 2.24) is 15.0 Å². The Morgan fingerprint density at radius 3 is 2.42 bits per heavy atom. The summed E-state index contributed by atoms with van der Waals surface area (Å²) in [6.45, 7) is 6.50. The van der Waals surface area contributed by atoms with E-state index in [0.717, 1.165) is 0 Å². The molecule has 0 bridgehead atoms. The average molecular weight is 348 g/mol. The molecule has 0 radical (unpaired) electrons. The number of urea groups is 1. The van der Waals surface area contributed by atoms with Gasteiger partial charge in [-0.3, -0.25) is 4.90 Å². The highest BCUT2D eigenvalue weighted by Gasteiger charge is 2.39. The van der Waals surface area contributed by atoms with Gasteiger partial charge in [0.2, 0.25) is 0 Å². The van der Waals surface area contributed by atoms with Gasteiger partial charge in [-0.1, -0.05) is 12.1 Å². The lowest BCUT2D eigenvalue weighted by atomic mass is 10.1. The monoisotopic (exact) mass is 348 g/mol. The Balaban J connectivity index is 2.03. The van der Waals surface area contributed by atoms with Crippen molar-refractivity contribution in [2.45, 2.75) is 52.4 Å². The molecule has 0 aromatic carbocycles. The molecule has 1 aromatic heterocycles. The smallest absolute Gasteiger partial charge is 0.359 e. The van der Waals surface area contributed by atoms with Crippen LogP contribution in [0.3, 0.4) is 0 Å². The molecule has 1 aliphatic rings. The summed E-state index contributed by atoms with van der Waals surface area (Å²) in [7, 11) is 0. The predicted molar refractivity (Wildman–Crippen MR) is 82.9 cm³/mol. The van der Waals surface area contributed by atoms with Crippen LogP contribution in [0.5, 0.6) is 0 Å². The van der Waals surface area contributed by atoms with Crippen LogP contribution in [0, 0.1) is 6.92 Å². The molecule has 0 saturated carbocycles. The largest absolute Gasteiger partial charge is 0.401 e. The first-order valence-electron chi connectivity index (χ1n) is 7.96. The number of aromatic nitrogens is 1. The van der Waals surface area contributed by atoms with Crippen molar-refractivity contribution in [1.29, 1.82) is 0 Å². The van der Waals surface area contributed by atoms with Gasteiger partial charge in [-0.15, -0.1) is 0 Å². The third-order valence-electron chi connectivity index (χ3n) is 4.25. The number of aryl methyl sites for hydroxylation is 2. The van der Waals surface area contributed by atoms with Crippen LogP contribution in [0.2, 0.25) is 0 Å². The lowest BCUT2D eigenvalue weighted by Gasteiger charge is -2.44. The van der Waals surface area contributed by atoms with Gasteiger partial charge in [0.15, 0.2) is 5.76 Å². The highest BCUT2D eigenvalue weighted by atomic mass is 19.4. The first-order valence-corrected chi connectivity index (χ1v) is 7.96. The van der Waals surface area contributed by atoms with Crippen LogP contribution >= 0.6 is 0 Å². The predicted octanol–water partition coefficient (Wildman–Crippen LogP) is 3.03. The molecule has 2 heterocycles. The zero-order valence-electron chi connectivity index (χ0n) is 14.3. The molecule has 0 aliphatic carbocycles. The number of amides is 2. The molecule has 9 heteroatoms. The number of carbonyl (C=O) groups excluding carboxylic acids is 1. The van der Waals surface area contributed by atoms with E-state index in [1.165, 1.54) is 9.80 Å². The fourth-order valence-corrected chi connectivity index (χ4v) is 3.05. The lowest BCUT2D eigenvalue weighted by Crippen LogP contribution is -2.60. The number of nitrogens with zero attached hydrogens (tertiary/aromatic N) is 3. The number of hydrogen-bond acceptors (Lipinski definition) is 4. The van der Waals surface area contributed by atoms with E-state index in [1.54, 1.807) is 20.8 Å². The SMILES string of the molecule is CCc1noc(C)c1NC(=O)N1C[C@@H](C)N(CC(F)(F)F)[C@@H](C)C1. The molecule has 1 saturated heterocycles. The normalized spacial score (nSPS) is 22.7. The molecule has 6 nitrogen and oxygen atoms in total. The molecular formula is C15H23F3N4O2. The maximum absolute atomic E-state index is 12.7. The first kappa shape index (κ1) is 18.6. The molecular weight excluding hydrogens is 325 g/mol. The Kier molecular flexibility index (Phi) is 5.42. The second-order valence-corrected chi connectivity index (χ2v) is 6.23. The van der Waals surface area contributed by atoms with Gasteiger partial charge in [0.25, 0.3) is 0 Å². The van der Waals surface area contributed by atoms with E-state index in [4.69, 9.17) is 4.52 Å². The lowest BCUT2D eigenvalue weighted by molar-refractivity contribution is -0.160. The van der Waals surface area contributed by atoms with Crippen LogP contribution in [-0.4, -0.2) is 58.9 Å². The molecule has 0 unspecified atom stereocenters. The minimum Gasteiger partial charge on any atom is -0.359 e. The second kappa shape index (κ2) is 7.00. The molecule has 1 fully saturated rings. The summed E-state index contributed by atoms with van der Waals surface area (Å²) in [5.74, 6) is 0.511. The number of rotatable bonds is 3. The van der Waals surface area contributed by atoms with Crippen molar-refractivity contribution in [2.75, 3.05) is 25.0 Å². The maximum atomic E-state index is 12.7. The Hall–Kier alpha value is -1.77. The van der Waals surface area contributed by atoms with Gasteiger partial charge in [0.05, 0.1) is 6.54 Å². The molecule has 1 N–H and O–H groups in total. The van der Waals surface area contributed by atoms with Crippen molar-refractivity contribution >= 4 is 11.7 Å². The van der Waals surface area contributed by atoms with E-state index in [2.05, 4.69) is 10.5 Å². The summed E-state index contributed by atoms with van der Waals surface area (Å²) in [4.78, 5) is 15.4. The average Bonchev–Trinajstić information content (AvgIpc) is 2.82. The Labute approximate surface area is 138 Å². The Morgan fingerprint density at radius 1 is 1.33 bits per heavy atom. The molecule has 24 heavy (non-hydrogen) atoms. The molecule has 1 aliphatic heterocycles. The fourth-order valence-electron chi connectivity index (χ4n) is 3.05. The number of anilines is 1. The summed E-state index contributed by atoms with van der Waals surface area (Å²) in [5, 5.41) is 6.65. The van der Waals surface area contributed by atoms with Gasteiger partial charge in [-0.25, -0.2) is 4.79 Å². The summed E-state index contributed by atoms with van der Waals surface area (Å²) in [5.41, 5.74) is 1.19. The highest BCUT2D eigenvalue weighted by molar-refractivity contribution is 5.90. The van der Waals surface area contributed by atoms with Crippen LogP contribution in [-0.2, 0) is 6.42 Å². The standard InChI is InChI=1S/C15H23F3N4O2/c1-5-12-13(11(4)24-20-12)19-14(23)21-6-9(2)22(10(3)7-21)8-15(16,17)18/h9-10H,5-8H2,1-4H3,(H,19,23)/t9-,10+. The number of halogens is 3. The zero-order chi connectivity index (χ0) is 18.1. The Bertz CT molecular complexity index is 576. The topological polar surface area (TPSA) is 61.6 Å². The third-order valence-corrected chi connectivity index (χ3v) is 4.25. The summed E-state index contributed by atoms with van der Waals surface area (Å²) >= 11 is 0. The van der Waals surface area contributed by atoms with Crippen LogP contribution in [0.4, 0.5) is 23.7 Å². The third kappa shape index (κ3) is 4.19. The van der Waals surface area contributed by atoms with Crippen LogP contribution in [0.1, 0.15) is 32.2 Å². The van der Waals surface area contributed by atoms with Gasteiger partial charge in [0, 0.05) is 25.2 Å². The molecule has 136 valence electrons. The first-order chi connectivity index (χ1) is 11.1. The zero-order valence-corrected chi connectivity index (χ0v) is 14.3. The van der Waals surface area contributed by atoms with E-state index in [-0.39, 0.29) is 31.2 Å². The number of hydrogen-bond donors (Lipinski definition) is 1. The highest BCUT2D eigenvalue weighted by Crippen LogP contribution is 2.25. The maximum Gasteiger partial charge on any atom is 0.401 e. The van der Waals surface area contributed by atoms with Gasteiger partial charge in [-0.05, 0) is 27.2 Å². The summed E-state index contributed by atoms with van der Waals surface area (Å²) in [6, 6.07) is -1.10. The van der Waals surface area contributed by atoms with Crippen LogP contribution in [0.15, 0.2) is 4.52 Å². The van der Waals surface area contributed by atoms with E-state index < -0.39 is 12.7 Å². The number of carbonyl (C=O) groups is 1. The second-order valence-electron chi connectivity index (χ2n) is 6.23. The van der Waals surface area contributed by atoms with Crippen molar-refractivity contribution < 1.29 is 22.5 Å². The molecule has 1 aromatic rings. The minimum atomic E-state index is -4.25. The molecule has 2 rings (SSSR count). The number of alkyl halides is 3. The molecule has 0 spiro atoms. The van der Waals surface area contributed by atoms with Crippen molar-refractivity contribution in [3.63, 3.8) is 0 Å². The van der Waals surface area contributed by atoms with Crippen molar-refractivity contribution in [3.8, 4) is 0 Å². The van der Waals surface area contributed by atoms with E-state index in [9.17, 15) is 18.0 Å². The van der Waals surface area contributed by atoms with E-state index >= 15 is 0 Å². The number of piperazine rings is 1. The van der Waals surface area contributed by atoms with Gasteiger partial charge < -0.3 is 14.7 Å². The van der Waals surface area contributed by atoms with Crippen LogP contribution in [0.25, 0.3) is 0 Å². The van der Waals surface area contributed by atoms with Crippen molar-refractivity contribution in [3.05, 3.63) is 11.5 Å². The van der Waals surface area contributed by atoms with E-state index in [0.29, 0.717) is 23.6 Å². The van der Waals surface area contributed by atoms with Gasteiger partial charge in [-0.2, -0.15) is 13.2 Å². The molecule has 2 amide bonds. The van der Waals surface area contributed by atoms with Gasteiger partial charge >= 0.3 is 12.2 Å². The minimum absolute atomic E-state index is 0.234. The van der Waals surface area contributed by atoms with Crippen molar-refractivity contribution in [2.24, 2.45) is 0 Å². The summed E-state index contributed by atoms with van der Waals surface area (Å²) in [6.07, 6.45) is -3.64. The van der Waals surface area contributed by atoms with E-state index in [1.807, 2.05) is 6.92 Å². The van der Waals surface area contributed by atoms with Gasteiger partial charge in [0.1, 0.15) is 11.4 Å². The quantitative estimate of drug-likeness (QED) is 0.912. The Morgan fingerprint density at radius 2 is 1.92 bits per heavy atom. The summed E-state index contributed by atoms with van der Waals surface area (Å²) < 4.78 is 43.1. The molecule has 2 atom stereocenters.